The van der Waals surface area contributed by atoms with Crippen molar-refractivity contribution in [2.24, 2.45) is 0 Å². The SMILES string of the molecule is CNCC(O)COCCCOCCOC. The number of likely N-dealkylation sites (N-methyl/N-ethyl adjacent to an activating group) is 1. The molecule has 0 bridgehead atoms. The van der Waals surface area contributed by atoms with Gasteiger partial charge in [-0.1, -0.05) is 0 Å². The van der Waals surface area contributed by atoms with Gasteiger partial charge in [0.15, 0.2) is 0 Å². The zero-order valence-electron chi connectivity index (χ0n) is 9.70. The minimum atomic E-state index is -0.426. The van der Waals surface area contributed by atoms with Crippen LogP contribution in [0, 0.1) is 0 Å². The third-order valence-electron chi connectivity index (χ3n) is 1.76. The van der Waals surface area contributed by atoms with E-state index in [4.69, 9.17) is 14.2 Å². The zero-order chi connectivity index (χ0) is 11.4. The van der Waals surface area contributed by atoms with Gasteiger partial charge in [0, 0.05) is 26.9 Å². The van der Waals surface area contributed by atoms with Crippen molar-refractivity contribution in [1.82, 2.24) is 5.32 Å². The van der Waals surface area contributed by atoms with Gasteiger partial charge in [-0.3, -0.25) is 0 Å². The summed E-state index contributed by atoms with van der Waals surface area (Å²) in [4.78, 5) is 0. The van der Waals surface area contributed by atoms with Crippen LogP contribution in [0.4, 0.5) is 0 Å². The molecule has 1 atom stereocenters. The van der Waals surface area contributed by atoms with Crippen molar-refractivity contribution < 1.29 is 19.3 Å². The van der Waals surface area contributed by atoms with E-state index in [0.717, 1.165) is 6.42 Å². The molecule has 0 aromatic rings. The molecule has 0 fully saturated rings. The second-order valence-corrected chi connectivity index (χ2v) is 3.25. The average Bonchev–Trinajstić information content (AvgIpc) is 2.22. The van der Waals surface area contributed by atoms with Gasteiger partial charge in [0.1, 0.15) is 0 Å². The molecule has 0 rings (SSSR count). The van der Waals surface area contributed by atoms with Gasteiger partial charge in [-0.25, -0.2) is 0 Å². The summed E-state index contributed by atoms with van der Waals surface area (Å²) in [5.74, 6) is 0. The molecule has 0 aliphatic rings. The first-order chi connectivity index (χ1) is 7.31. The fourth-order valence-electron chi connectivity index (χ4n) is 1.02. The lowest BCUT2D eigenvalue weighted by Crippen LogP contribution is -2.28. The highest BCUT2D eigenvalue weighted by atomic mass is 16.5. The zero-order valence-corrected chi connectivity index (χ0v) is 9.70. The van der Waals surface area contributed by atoms with Gasteiger partial charge in [-0.05, 0) is 13.5 Å². The smallest absolute Gasteiger partial charge is 0.0897 e. The summed E-state index contributed by atoms with van der Waals surface area (Å²) in [6.07, 6.45) is 0.417. The van der Waals surface area contributed by atoms with E-state index in [1.54, 1.807) is 14.2 Å². The van der Waals surface area contributed by atoms with Crippen molar-refractivity contribution in [2.75, 3.05) is 53.7 Å². The van der Waals surface area contributed by atoms with Crippen molar-refractivity contribution in [3.8, 4) is 0 Å². The highest BCUT2D eigenvalue weighted by Crippen LogP contribution is 1.88. The number of aliphatic hydroxyl groups excluding tert-OH is 1. The molecule has 0 aliphatic heterocycles. The van der Waals surface area contributed by atoms with Gasteiger partial charge in [-0.2, -0.15) is 0 Å². The molecular weight excluding hydrogens is 198 g/mol. The summed E-state index contributed by atoms with van der Waals surface area (Å²) in [5.41, 5.74) is 0. The van der Waals surface area contributed by atoms with E-state index in [0.29, 0.717) is 39.6 Å². The largest absolute Gasteiger partial charge is 0.389 e. The molecule has 15 heavy (non-hydrogen) atoms. The highest BCUT2D eigenvalue weighted by Gasteiger charge is 2.01. The Kier molecular flexibility index (Phi) is 11.7. The van der Waals surface area contributed by atoms with E-state index in [2.05, 4.69) is 5.32 Å². The first-order valence-corrected chi connectivity index (χ1v) is 5.28. The van der Waals surface area contributed by atoms with Crippen molar-refractivity contribution in [3.05, 3.63) is 0 Å². The predicted octanol–water partition coefficient (Wildman–Crippen LogP) is -0.364. The monoisotopic (exact) mass is 221 g/mol. The number of aliphatic hydroxyl groups is 1. The first-order valence-electron chi connectivity index (χ1n) is 5.28. The number of hydrogen-bond donors (Lipinski definition) is 2. The molecule has 5 nitrogen and oxygen atoms in total. The van der Waals surface area contributed by atoms with Crippen molar-refractivity contribution in [3.63, 3.8) is 0 Å². The van der Waals surface area contributed by atoms with Crippen LogP contribution in [-0.4, -0.2) is 64.9 Å². The second kappa shape index (κ2) is 11.9. The normalized spacial score (nSPS) is 13.0. The number of methoxy groups -OCH3 is 1. The Balaban J connectivity index is 2.98. The van der Waals surface area contributed by atoms with E-state index in [9.17, 15) is 5.11 Å². The summed E-state index contributed by atoms with van der Waals surface area (Å²) >= 11 is 0. The van der Waals surface area contributed by atoms with Crippen LogP contribution in [0.2, 0.25) is 0 Å². The van der Waals surface area contributed by atoms with Gasteiger partial charge in [0.05, 0.1) is 25.9 Å². The molecule has 92 valence electrons. The standard InChI is InChI=1S/C10H23NO4/c1-11-8-10(12)9-15-5-3-4-14-7-6-13-2/h10-12H,3-9H2,1-2H3. The third-order valence-corrected chi connectivity index (χ3v) is 1.76. The fraction of sp³-hybridized carbons (Fsp3) is 1.00. The Labute approximate surface area is 91.7 Å². The third kappa shape index (κ3) is 11.7. The molecule has 0 saturated heterocycles. The Morgan fingerprint density at radius 3 is 2.53 bits per heavy atom. The van der Waals surface area contributed by atoms with Crippen LogP contribution in [0.25, 0.3) is 0 Å². The molecule has 5 heteroatoms. The molecule has 0 amide bonds. The number of hydrogen-bond acceptors (Lipinski definition) is 5. The summed E-state index contributed by atoms with van der Waals surface area (Å²) in [7, 11) is 3.45. The maximum Gasteiger partial charge on any atom is 0.0897 e. The minimum absolute atomic E-state index is 0.374. The number of nitrogens with one attached hydrogen (secondary N) is 1. The molecule has 0 radical (unpaired) electrons. The minimum Gasteiger partial charge on any atom is -0.389 e. The van der Waals surface area contributed by atoms with Crippen LogP contribution < -0.4 is 5.32 Å². The lowest BCUT2D eigenvalue weighted by molar-refractivity contribution is 0.0197. The predicted molar refractivity (Wildman–Crippen MR) is 58.1 cm³/mol. The van der Waals surface area contributed by atoms with Gasteiger partial charge in [0.2, 0.25) is 0 Å². The van der Waals surface area contributed by atoms with Crippen LogP contribution in [0.5, 0.6) is 0 Å². The molecule has 0 aromatic heterocycles. The number of ether oxygens (including phenoxy) is 3. The lowest BCUT2D eigenvalue weighted by Gasteiger charge is -2.10. The van der Waals surface area contributed by atoms with E-state index >= 15 is 0 Å². The van der Waals surface area contributed by atoms with E-state index in [-0.39, 0.29) is 0 Å². The van der Waals surface area contributed by atoms with Gasteiger partial charge >= 0.3 is 0 Å². The van der Waals surface area contributed by atoms with E-state index in [1.165, 1.54) is 0 Å². The van der Waals surface area contributed by atoms with Crippen LogP contribution in [-0.2, 0) is 14.2 Å². The van der Waals surface area contributed by atoms with Gasteiger partial charge in [0.25, 0.3) is 0 Å². The lowest BCUT2D eigenvalue weighted by atomic mass is 10.4. The summed E-state index contributed by atoms with van der Waals surface area (Å²) in [5, 5.41) is 12.2. The van der Waals surface area contributed by atoms with Gasteiger partial charge < -0.3 is 24.6 Å². The Morgan fingerprint density at radius 2 is 1.87 bits per heavy atom. The summed E-state index contributed by atoms with van der Waals surface area (Å²) < 4.78 is 15.3. The highest BCUT2D eigenvalue weighted by molar-refractivity contribution is 4.54. The van der Waals surface area contributed by atoms with Crippen molar-refractivity contribution in [1.29, 1.82) is 0 Å². The quantitative estimate of drug-likeness (QED) is 0.466. The Morgan fingerprint density at radius 1 is 1.13 bits per heavy atom. The van der Waals surface area contributed by atoms with Crippen LogP contribution >= 0.6 is 0 Å². The number of rotatable bonds is 11. The molecule has 0 saturated carbocycles. The Bertz CT molecular complexity index is 124. The maximum atomic E-state index is 9.29. The molecule has 0 aromatic carbocycles. The van der Waals surface area contributed by atoms with Crippen molar-refractivity contribution >= 4 is 0 Å². The molecule has 0 aliphatic carbocycles. The maximum absolute atomic E-state index is 9.29. The summed E-state index contributed by atoms with van der Waals surface area (Å²) in [6.45, 7) is 3.48. The van der Waals surface area contributed by atoms with Gasteiger partial charge in [-0.15, -0.1) is 0 Å². The van der Waals surface area contributed by atoms with E-state index in [1.807, 2.05) is 0 Å². The Hall–Kier alpha value is -0.200. The molecule has 2 N–H and O–H groups in total. The molecule has 0 spiro atoms. The molecule has 0 heterocycles. The molecule has 1 unspecified atom stereocenters. The van der Waals surface area contributed by atoms with E-state index < -0.39 is 6.10 Å². The van der Waals surface area contributed by atoms with Crippen LogP contribution in [0.15, 0.2) is 0 Å². The summed E-state index contributed by atoms with van der Waals surface area (Å²) in [6, 6.07) is 0. The van der Waals surface area contributed by atoms with Crippen LogP contribution in [0.3, 0.4) is 0 Å². The fourth-order valence-corrected chi connectivity index (χ4v) is 1.02. The average molecular weight is 221 g/mol. The molecular formula is C10H23NO4. The topological polar surface area (TPSA) is 60.0 Å². The second-order valence-electron chi connectivity index (χ2n) is 3.25. The van der Waals surface area contributed by atoms with Crippen molar-refractivity contribution in [2.45, 2.75) is 12.5 Å². The van der Waals surface area contributed by atoms with Crippen LogP contribution in [0.1, 0.15) is 6.42 Å². The first kappa shape index (κ1) is 14.8.